The minimum Gasteiger partial charge on any atom is -0.487 e. The number of imidazole rings is 1. The monoisotopic (exact) mass is 401 g/mol. The predicted octanol–water partition coefficient (Wildman–Crippen LogP) is 2.89. The number of carbonyl (C=O) groups is 1. The number of rotatable bonds is 6. The van der Waals surface area contributed by atoms with E-state index < -0.39 is 0 Å². The van der Waals surface area contributed by atoms with Crippen LogP contribution in [0.3, 0.4) is 0 Å². The molecule has 1 amide bonds. The summed E-state index contributed by atoms with van der Waals surface area (Å²) < 4.78 is 13.1. The molecule has 2 aromatic carbocycles. The molecule has 0 spiro atoms. The van der Waals surface area contributed by atoms with Gasteiger partial charge in [0.05, 0.1) is 19.4 Å². The first-order valence-corrected chi connectivity index (χ1v) is 9.64. The zero-order chi connectivity index (χ0) is 20.3. The van der Waals surface area contributed by atoms with E-state index in [4.69, 9.17) is 9.26 Å². The lowest BCUT2D eigenvalue weighted by Gasteiger charge is -2.39. The molecule has 0 saturated carbocycles. The number of hydrogen-bond acceptors (Lipinski definition) is 6. The maximum absolute atomic E-state index is 12.2. The normalized spacial score (nSPS) is 13.8. The van der Waals surface area contributed by atoms with Gasteiger partial charge in [-0.1, -0.05) is 23.4 Å². The van der Waals surface area contributed by atoms with Crippen molar-refractivity contribution in [1.82, 2.24) is 24.6 Å². The Morgan fingerprint density at radius 3 is 2.60 bits per heavy atom. The summed E-state index contributed by atoms with van der Waals surface area (Å²) >= 11 is 0. The van der Waals surface area contributed by atoms with Gasteiger partial charge in [-0.25, -0.2) is 4.98 Å². The quantitative estimate of drug-likeness (QED) is 0.494. The second-order valence-corrected chi connectivity index (χ2v) is 7.09. The van der Waals surface area contributed by atoms with Crippen LogP contribution in [0.4, 0.5) is 0 Å². The van der Waals surface area contributed by atoms with Crippen LogP contribution in [0.25, 0.3) is 22.8 Å². The maximum Gasteiger partial charge on any atom is 0.258 e. The summed E-state index contributed by atoms with van der Waals surface area (Å²) in [4.78, 5) is 22.4. The first kappa shape index (κ1) is 18.1. The molecular formula is C22H19N5O3. The van der Waals surface area contributed by atoms with Crippen molar-refractivity contribution in [2.45, 2.75) is 12.6 Å². The standard InChI is InChI=1S/C22H19N5O3/c28-20(14-26-11-10-23-15-26)27-12-19(13-27)29-18-8-6-16(7-9-18)21-24-22(30-25-21)17-4-2-1-3-5-17/h1-11,15,19H,12-14H2. The molecule has 0 bridgehead atoms. The van der Waals surface area contributed by atoms with Gasteiger partial charge in [0.1, 0.15) is 18.4 Å². The Kier molecular flexibility index (Phi) is 4.72. The zero-order valence-electron chi connectivity index (χ0n) is 16.1. The van der Waals surface area contributed by atoms with Crippen molar-refractivity contribution < 1.29 is 14.1 Å². The number of likely N-dealkylation sites (tertiary alicyclic amines) is 1. The summed E-state index contributed by atoms with van der Waals surface area (Å²) in [5, 5.41) is 4.06. The second kappa shape index (κ2) is 7.82. The van der Waals surface area contributed by atoms with Gasteiger partial charge in [-0.3, -0.25) is 4.79 Å². The molecule has 0 aliphatic carbocycles. The smallest absolute Gasteiger partial charge is 0.258 e. The van der Waals surface area contributed by atoms with E-state index in [1.807, 2.05) is 54.6 Å². The fourth-order valence-corrected chi connectivity index (χ4v) is 3.27. The van der Waals surface area contributed by atoms with Gasteiger partial charge in [-0.05, 0) is 36.4 Å². The van der Waals surface area contributed by atoms with Crippen molar-refractivity contribution in [3.8, 4) is 28.6 Å². The summed E-state index contributed by atoms with van der Waals surface area (Å²) in [6, 6.07) is 17.2. The Labute approximate surface area is 172 Å². The van der Waals surface area contributed by atoms with Crippen molar-refractivity contribution in [2.75, 3.05) is 13.1 Å². The molecule has 1 aliphatic heterocycles. The molecule has 8 nitrogen and oxygen atoms in total. The third-order valence-corrected chi connectivity index (χ3v) is 4.94. The molecule has 1 saturated heterocycles. The molecule has 30 heavy (non-hydrogen) atoms. The van der Waals surface area contributed by atoms with Gasteiger partial charge in [-0.15, -0.1) is 0 Å². The van der Waals surface area contributed by atoms with Crippen LogP contribution in [0.15, 0.2) is 77.8 Å². The summed E-state index contributed by atoms with van der Waals surface area (Å²) in [5.41, 5.74) is 1.73. The highest BCUT2D eigenvalue weighted by molar-refractivity contribution is 5.77. The Morgan fingerprint density at radius 2 is 1.87 bits per heavy atom. The van der Waals surface area contributed by atoms with E-state index in [-0.39, 0.29) is 12.0 Å². The SMILES string of the molecule is O=C(Cn1ccnc1)N1CC(Oc2ccc(-c3noc(-c4ccccc4)n3)cc2)C1. The summed E-state index contributed by atoms with van der Waals surface area (Å²) in [6.45, 7) is 1.47. The number of aromatic nitrogens is 4. The van der Waals surface area contributed by atoms with E-state index >= 15 is 0 Å². The van der Waals surface area contributed by atoms with Gasteiger partial charge in [-0.2, -0.15) is 4.98 Å². The zero-order valence-corrected chi connectivity index (χ0v) is 16.1. The molecule has 2 aromatic heterocycles. The van der Waals surface area contributed by atoms with Crippen LogP contribution < -0.4 is 4.74 Å². The van der Waals surface area contributed by atoms with E-state index in [1.54, 1.807) is 28.2 Å². The molecular weight excluding hydrogens is 382 g/mol. The number of hydrogen-bond donors (Lipinski definition) is 0. The van der Waals surface area contributed by atoms with E-state index in [9.17, 15) is 4.79 Å². The summed E-state index contributed by atoms with van der Waals surface area (Å²) in [7, 11) is 0. The van der Waals surface area contributed by atoms with Crippen molar-refractivity contribution in [1.29, 1.82) is 0 Å². The Balaban J connectivity index is 1.16. The topological polar surface area (TPSA) is 86.3 Å². The highest BCUT2D eigenvalue weighted by Gasteiger charge is 2.32. The minimum absolute atomic E-state index is 0.00237. The summed E-state index contributed by atoms with van der Waals surface area (Å²) in [5.74, 6) is 1.83. The van der Waals surface area contributed by atoms with E-state index in [2.05, 4.69) is 15.1 Å². The average molecular weight is 401 g/mol. The minimum atomic E-state index is -0.00237. The lowest BCUT2D eigenvalue weighted by molar-refractivity contribution is -0.140. The molecule has 1 fully saturated rings. The lowest BCUT2D eigenvalue weighted by atomic mass is 10.1. The van der Waals surface area contributed by atoms with Crippen LogP contribution in [0.5, 0.6) is 5.75 Å². The van der Waals surface area contributed by atoms with Gasteiger partial charge < -0.3 is 18.7 Å². The highest BCUT2D eigenvalue weighted by atomic mass is 16.5. The van der Waals surface area contributed by atoms with E-state index in [1.165, 1.54) is 0 Å². The summed E-state index contributed by atoms with van der Waals surface area (Å²) in [6.07, 6.45) is 5.08. The molecule has 5 rings (SSSR count). The van der Waals surface area contributed by atoms with Gasteiger partial charge in [0, 0.05) is 23.5 Å². The molecule has 8 heteroatoms. The molecule has 0 N–H and O–H groups in total. The molecule has 0 unspecified atom stereocenters. The Bertz CT molecular complexity index is 1120. The fourth-order valence-electron chi connectivity index (χ4n) is 3.27. The molecule has 4 aromatic rings. The largest absolute Gasteiger partial charge is 0.487 e. The van der Waals surface area contributed by atoms with Crippen LogP contribution in [0.1, 0.15) is 0 Å². The molecule has 1 aliphatic rings. The third kappa shape index (κ3) is 3.80. The maximum atomic E-state index is 12.2. The molecule has 3 heterocycles. The highest BCUT2D eigenvalue weighted by Crippen LogP contribution is 2.25. The Morgan fingerprint density at radius 1 is 1.07 bits per heavy atom. The number of benzene rings is 2. The molecule has 0 radical (unpaired) electrons. The van der Waals surface area contributed by atoms with E-state index in [0.717, 1.165) is 16.9 Å². The lowest BCUT2D eigenvalue weighted by Crippen LogP contribution is -2.56. The van der Waals surface area contributed by atoms with Crippen molar-refractivity contribution in [3.05, 3.63) is 73.3 Å². The second-order valence-electron chi connectivity index (χ2n) is 7.09. The first-order valence-electron chi connectivity index (χ1n) is 9.64. The van der Waals surface area contributed by atoms with Crippen LogP contribution in [-0.4, -0.2) is 49.7 Å². The molecule has 150 valence electrons. The van der Waals surface area contributed by atoms with Crippen molar-refractivity contribution >= 4 is 5.91 Å². The Hall–Kier alpha value is -3.94. The van der Waals surface area contributed by atoms with Gasteiger partial charge in [0.25, 0.3) is 5.89 Å². The van der Waals surface area contributed by atoms with Crippen molar-refractivity contribution in [3.63, 3.8) is 0 Å². The fraction of sp³-hybridized carbons (Fsp3) is 0.182. The van der Waals surface area contributed by atoms with E-state index in [0.29, 0.717) is 31.3 Å². The number of nitrogens with zero attached hydrogens (tertiary/aromatic N) is 5. The van der Waals surface area contributed by atoms with Gasteiger partial charge in [0.15, 0.2) is 0 Å². The van der Waals surface area contributed by atoms with Crippen LogP contribution >= 0.6 is 0 Å². The number of carbonyl (C=O) groups excluding carboxylic acids is 1. The van der Waals surface area contributed by atoms with Crippen LogP contribution in [0, 0.1) is 0 Å². The van der Waals surface area contributed by atoms with Gasteiger partial charge in [0.2, 0.25) is 11.7 Å². The number of amides is 1. The molecule has 0 atom stereocenters. The van der Waals surface area contributed by atoms with Crippen molar-refractivity contribution in [2.24, 2.45) is 0 Å². The first-order chi connectivity index (χ1) is 14.7. The number of ether oxygens (including phenoxy) is 1. The van der Waals surface area contributed by atoms with Crippen LogP contribution in [0.2, 0.25) is 0 Å². The average Bonchev–Trinajstić information content (AvgIpc) is 3.44. The van der Waals surface area contributed by atoms with Crippen LogP contribution in [-0.2, 0) is 11.3 Å². The van der Waals surface area contributed by atoms with Gasteiger partial charge >= 0.3 is 0 Å². The third-order valence-electron chi connectivity index (χ3n) is 4.94. The predicted molar refractivity (Wildman–Crippen MR) is 108 cm³/mol.